The van der Waals surface area contributed by atoms with Gasteiger partial charge >= 0.3 is 11.9 Å². The molecule has 0 spiro atoms. The van der Waals surface area contributed by atoms with Crippen molar-refractivity contribution < 1.29 is 19.8 Å². The second kappa shape index (κ2) is 5.09. The molecule has 1 heterocycles. The molecule has 0 bridgehead atoms. The lowest BCUT2D eigenvalue weighted by molar-refractivity contribution is -0.159. The van der Waals surface area contributed by atoms with Crippen molar-refractivity contribution in [1.82, 2.24) is 5.32 Å². The average molecular weight is 172 g/mol. The zero-order chi connectivity index (χ0) is 9.56. The van der Waals surface area contributed by atoms with Gasteiger partial charge in [-0.15, -0.1) is 0 Å². The largest absolute Gasteiger partial charge is 0.473 e. The predicted octanol–water partition coefficient (Wildman–Crippen LogP) is -0.973. The van der Waals surface area contributed by atoms with E-state index in [1.165, 1.54) is 0 Å². The lowest BCUT2D eigenvalue weighted by atomic mass is 10.1. The highest BCUT2D eigenvalue weighted by molar-refractivity contribution is 6.27. The van der Waals surface area contributed by atoms with E-state index in [2.05, 4.69) is 11.4 Å². The van der Waals surface area contributed by atoms with Gasteiger partial charge in [-0.1, -0.05) is 0 Å². The van der Waals surface area contributed by atoms with Crippen molar-refractivity contribution in [2.24, 2.45) is 0 Å². The number of nitrogens with one attached hydrogen (secondary N) is 1. The van der Waals surface area contributed by atoms with Crippen LogP contribution in [-0.4, -0.2) is 34.7 Å². The van der Waals surface area contributed by atoms with Crippen LogP contribution < -0.4 is 5.32 Å². The number of carbonyl (C=O) groups is 2. The summed E-state index contributed by atoms with van der Waals surface area (Å²) in [6, 6.07) is 2.26. The van der Waals surface area contributed by atoms with Crippen molar-refractivity contribution in [2.45, 2.75) is 12.5 Å². The van der Waals surface area contributed by atoms with Gasteiger partial charge in [0.25, 0.3) is 0 Å². The molecular formula is C6H8N2O4. The van der Waals surface area contributed by atoms with Crippen LogP contribution in [0.1, 0.15) is 6.42 Å². The van der Waals surface area contributed by atoms with Crippen molar-refractivity contribution >= 4 is 11.9 Å². The fourth-order valence-electron chi connectivity index (χ4n) is 0.399. The fourth-order valence-corrected chi connectivity index (χ4v) is 0.399. The Morgan fingerprint density at radius 3 is 1.83 bits per heavy atom. The van der Waals surface area contributed by atoms with Crippen LogP contribution >= 0.6 is 0 Å². The molecule has 1 aliphatic heterocycles. The molecular weight excluding hydrogens is 164 g/mol. The van der Waals surface area contributed by atoms with Gasteiger partial charge in [-0.3, -0.25) is 0 Å². The molecule has 0 aromatic carbocycles. The van der Waals surface area contributed by atoms with Crippen LogP contribution in [0.15, 0.2) is 0 Å². The second-order valence-corrected chi connectivity index (χ2v) is 2.03. The predicted molar refractivity (Wildman–Crippen MR) is 37.3 cm³/mol. The van der Waals surface area contributed by atoms with Crippen molar-refractivity contribution in [3.63, 3.8) is 0 Å². The van der Waals surface area contributed by atoms with Crippen molar-refractivity contribution in [3.05, 3.63) is 0 Å². The molecule has 0 aromatic heterocycles. The number of hydrogen-bond acceptors (Lipinski definition) is 4. The number of aliphatic carboxylic acids is 2. The molecule has 6 nitrogen and oxygen atoms in total. The molecule has 12 heavy (non-hydrogen) atoms. The minimum Gasteiger partial charge on any atom is -0.473 e. The normalized spacial score (nSPS) is 19.1. The second-order valence-electron chi connectivity index (χ2n) is 2.03. The van der Waals surface area contributed by atoms with Gasteiger partial charge in [-0.25, -0.2) is 9.59 Å². The first-order chi connectivity index (χ1) is 5.57. The Labute approximate surface area is 68.4 Å². The average Bonchev–Trinajstić information content (AvgIpc) is 1.86. The fraction of sp³-hybridized carbons (Fsp3) is 0.500. The molecule has 1 fully saturated rings. The zero-order valence-electron chi connectivity index (χ0n) is 6.15. The molecule has 1 rings (SSSR count). The van der Waals surface area contributed by atoms with Crippen LogP contribution in [0.5, 0.6) is 0 Å². The molecule has 0 unspecified atom stereocenters. The first-order valence-corrected chi connectivity index (χ1v) is 3.17. The SMILES string of the molecule is N#C[C@H]1CCN1.O=C(O)C(=O)O. The van der Waals surface area contributed by atoms with Crippen molar-refractivity contribution in [2.75, 3.05) is 6.54 Å². The van der Waals surface area contributed by atoms with Gasteiger partial charge in [0.2, 0.25) is 0 Å². The third-order valence-corrected chi connectivity index (χ3v) is 1.16. The van der Waals surface area contributed by atoms with E-state index >= 15 is 0 Å². The highest BCUT2D eigenvalue weighted by Gasteiger charge is 2.13. The van der Waals surface area contributed by atoms with Crippen molar-refractivity contribution in [3.8, 4) is 6.07 Å². The number of nitriles is 1. The summed E-state index contributed by atoms with van der Waals surface area (Å²) in [7, 11) is 0. The van der Waals surface area contributed by atoms with Crippen LogP contribution in [0, 0.1) is 11.3 Å². The molecule has 0 saturated carbocycles. The van der Waals surface area contributed by atoms with Gasteiger partial charge < -0.3 is 15.5 Å². The molecule has 1 aliphatic rings. The van der Waals surface area contributed by atoms with E-state index in [0.29, 0.717) is 0 Å². The zero-order valence-corrected chi connectivity index (χ0v) is 6.15. The van der Waals surface area contributed by atoms with E-state index in [0.717, 1.165) is 13.0 Å². The Morgan fingerprint density at radius 2 is 1.83 bits per heavy atom. The molecule has 3 N–H and O–H groups in total. The molecule has 66 valence electrons. The quantitative estimate of drug-likeness (QED) is 0.405. The first kappa shape index (κ1) is 10.4. The van der Waals surface area contributed by atoms with E-state index in [4.69, 9.17) is 25.1 Å². The third-order valence-electron chi connectivity index (χ3n) is 1.16. The Balaban J connectivity index is 0.000000202. The van der Waals surface area contributed by atoms with Crippen LogP contribution in [0.3, 0.4) is 0 Å². The molecule has 6 heteroatoms. The molecule has 0 amide bonds. The highest BCUT2D eigenvalue weighted by atomic mass is 16.4. The lowest BCUT2D eigenvalue weighted by Gasteiger charge is -2.19. The Kier molecular flexibility index (Phi) is 4.41. The Hall–Kier alpha value is -1.61. The van der Waals surface area contributed by atoms with E-state index in [-0.39, 0.29) is 6.04 Å². The van der Waals surface area contributed by atoms with E-state index in [1.807, 2.05) is 0 Å². The Morgan fingerprint density at radius 1 is 1.42 bits per heavy atom. The van der Waals surface area contributed by atoms with E-state index < -0.39 is 11.9 Å². The maximum Gasteiger partial charge on any atom is 0.414 e. The topological polar surface area (TPSA) is 110 Å². The van der Waals surface area contributed by atoms with Gasteiger partial charge in [-0.2, -0.15) is 5.26 Å². The smallest absolute Gasteiger partial charge is 0.414 e. The van der Waals surface area contributed by atoms with Crippen LogP contribution in [0.25, 0.3) is 0 Å². The standard InChI is InChI=1S/C4H6N2.C2H2O4/c5-3-4-1-2-6-4;3-1(4)2(5)6/h4,6H,1-2H2;(H,3,4)(H,5,6)/t4-;/m1./s1. The van der Waals surface area contributed by atoms with E-state index in [9.17, 15) is 0 Å². The number of carboxylic acid groups (broad SMARTS) is 2. The van der Waals surface area contributed by atoms with Gasteiger partial charge in [0.05, 0.1) is 12.1 Å². The third kappa shape index (κ3) is 4.24. The number of nitrogens with zero attached hydrogens (tertiary/aromatic N) is 1. The van der Waals surface area contributed by atoms with Gasteiger partial charge in [0.15, 0.2) is 0 Å². The van der Waals surface area contributed by atoms with Crippen LogP contribution in [0.2, 0.25) is 0 Å². The first-order valence-electron chi connectivity index (χ1n) is 3.17. The molecule has 1 atom stereocenters. The minimum atomic E-state index is -1.82. The lowest BCUT2D eigenvalue weighted by Crippen LogP contribution is -2.41. The maximum absolute atomic E-state index is 9.10. The highest BCUT2D eigenvalue weighted by Crippen LogP contribution is 1.97. The van der Waals surface area contributed by atoms with Crippen LogP contribution in [0.4, 0.5) is 0 Å². The molecule has 0 aliphatic carbocycles. The van der Waals surface area contributed by atoms with Crippen LogP contribution in [-0.2, 0) is 9.59 Å². The molecule has 1 saturated heterocycles. The molecule has 0 aromatic rings. The summed E-state index contributed by atoms with van der Waals surface area (Å²) in [6.07, 6.45) is 1.04. The monoisotopic (exact) mass is 172 g/mol. The summed E-state index contributed by atoms with van der Waals surface area (Å²) < 4.78 is 0. The summed E-state index contributed by atoms with van der Waals surface area (Å²) >= 11 is 0. The summed E-state index contributed by atoms with van der Waals surface area (Å²) in [4.78, 5) is 18.2. The van der Waals surface area contributed by atoms with E-state index in [1.54, 1.807) is 0 Å². The summed E-state index contributed by atoms with van der Waals surface area (Å²) in [5.74, 6) is -3.65. The maximum atomic E-state index is 9.10. The number of rotatable bonds is 0. The molecule has 0 radical (unpaired) electrons. The minimum absolute atomic E-state index is 0.171. The summed E-state index contributed by atoms with van der Waals surface area (Å²) in [5, 5.41) is 25.8. The van der Waals surface area contributed by atoms with Gasteiger partial charge in [0, 0.05) is 0 Å². The summed E-state index contributed by atoms with van der Waals surface area (Å²) in [6.45, 7) is 1.03. The number of carboxylic acids is 2. The number of hydrogen-bond donors (Lipinski definition) is 3. The van der Waals surface area contributed by atoms with Gasteiger partial charge in [0.1, 0.15) is 0 Å². The Bertz CT molecular complexity index is 204. The van der Waals surface area contributed by atoms with Gasteiger partial charge in [-0.05, 0) is 13.0 Å². The summed E-state index contributed by atoms with van der Waals surface area (Å²) in [5.41, 5.74) is 0. The van der Waals surface area contributed by atoms with Crippen molar-refractivity contribution in [1.29, 1.82) is 5.26 Å².